The Labute approximate surface area is 124 Å². The second-order valence-corrected chi connectivity index (χ2v) is 5.18. The van der Waals surface area contributed by atoms with Crippen molar-refractivity contribution in [1.29, 1.82) is 0 Å². The van der Waals surface area contributed by atoms with E-state index >= 15 is 0 Å². The first kappa shape index (κ1) is 14.9. The number of hydrogen-bond acceptors (Lipinski definition) is 4. The van der Waals surface area contributed by atoms with Gasteiger partial charge in [0.15, 0.2) is 5.84 Å². The Balaban J connectivity index is 2.40. The van der Waals surface area contributed by atoms with Crippen LogP contribution < -0.4 is 10.6 Å². The molecule has 2 rings (SSSR count). The van der Waals surface area contributed by atoms with Gasteiger partial charge in [-0.05, 0) is 25.0 Å². The number of oxime groups is 1. The molecular formula is C15H21N5O. The van der Waals surface area contributed by atoms with Crippen molar-refractivity contribution in [2.75, 3.05) is 11.9 Å². The molecule has 1 aromatic heterocycles. The van der Waals surface area contributed by atoms with Crippen molar-refractivity contribution in [3.8, 4) is 0 Å². The molecule has 0 atom stereocenters. The van der Waals surface area contributed by atoms with Gasteiger partial charge in [0.2, 0.25) is 0 Å². The Morgan fingerprint density at radius 3 is 2.67 bits per heavy atom. The van der Waals surface area contributed by atoms with E-state index in [2.05, 4.69) is 34.2 Å². The third-order valence-corrected chi connectivity index (χ3v) is 3.59. The van der Waals surface area contributed by atoms with Gasteiger partial charge in [0, 0.05) is 20.6 Å². The van der Waals surface area contributed by atoms with E-state index in [0.29, 0.717) is 5.56 Å². The summed E-state index contributed by atoms with van der Waals surface area (Å²) in [4.78, 5) is 2.05. The lowest BCUT2D eigenvalue weighted by Crippen LogP contribution is -2.24. The maximum atomic E-state index is 8.97. The average Bonchev–Trinajstić information content (AvgIpc) is 2.75. The van der Waals surface area contributed by atoms with Crippen LogP contribution in [0.5, 0.6) is 0 Å². The Hall–Kier alpha value is -2.50. The molecule has 3 N–H and O–H groups in total. The first-order chi connectivity index (χ1) is 9.95. The Morgan fingerprint density at radius 2 is 2.05 bits per heavy atom. The monoisotopic (exact) mass is 287 g/mol. The van der Waals surface area contributed by atoms with Crippen LogP contribution in [-0.2, 0) is 13.6 Å². The zero-order valence-electron chi connectivity index (χ0n) is 12.8. The summed E-state index contributed by atoms with van der Waals surface area (Å²) in [5.74, 6) is 0.901. The highest BCUT2D eigenvalue weighted by molar-refractivity contribution is 6.02. The van der Waals surface area contributed by atoms with Gasteiger partial charge in [-0.25, -0.2) is 0 Å². The third kappa shape index (κ3) is 2.84. The second kappa shape index (κ2) is 5.87. The molecule has 0 bridgehead atoms. The Morgan fingerprint density at radius 1 is 1.38 bits per heavy atom. The smallest absolute Gasteiger partial charge is 0.175 e. The van der Waals surface area contributed by atoms with Gasteiger partial charge in [-0.1, -0.05) is 29.4 Å². The summed E-state index contributed by atoms with van der Waals surface area (Å²) in [5.41, 5.74) is 9.65. The van der Waals surface area contributed by atoms with Gasteiger partial charge in [-0.15, -0.1) is 0 Å². The van der Waals surface area contributed by atoms with Crippen molar-refractivity contribution in [2.24, 2.45) is 17.9 Å². The van der Waals surface area contributed by atoms with Gasteiger partial charge in [0.1, 0.15) is 5.82 Å². The number of hydrogen-bond donors (Lipinski definition) is 2. The minimum absolute atomic E-state index is 0.0761. The molecule has 112 valence electrons. The summed E-state index contributed by atoms with van der Waals surface area (Å²) in [6.45, 7) is 4.65. The lowest BCUT2D eigenvalue weighted by Gasteiger charge is -2.21. The highest BCUT2D eigenvalue weighted by atomic mass is 16.4. The van der Waals surface area contributed by atoms with Crippen LogP contribution in [0, 0.1) is 13.8 Å². The average molecular weight is 287 g/mol. The van der Waals surface area contributed by atoms with Crippen molar-refractivity contribution in [3.63, 3.8) is 0 Å². The van der Waals surface area contributed by atoms with Crippen molar-refractivity contribution in [3.05, 3.63) is 46.6 Å². The summed E-state index contributed by atoms with van der Waals surface area (Å²) in [7, 11) is 3.82. The quantitative estimate of drug-likeness (QED) is 0.389. The predicted molar refractivity (Wildman–Crippen MR) is 83.7 cm³/mol. The molecule has 6 nitrogen and oxygen atoms in total. The molecule has 0 fully saturated rings. The largest absolute Gasteiger partial charge is 0.409 e. The topological polar surface area (TPSA) is 79.7 Å². The molecule has 0 saturated carbocycles. The van der Waals surface area contributed by atoms with E-state index in [1.165, 1.54) is 11.1 Å². The number of amidine groups is 1. The number of aromatic nitrogens is 2. The minimum Gasteiger partial charge on any atom is -0.409 e. The molecule has 2 aromatic rings. The Kier molecular flexibility index (Phi) is 4.16. The zero-order chi connectivity index (χ0) is 15.6. The van der Waals surface area contributed by atoms with E-state index < -0.39 is 0 Å². The summed E-state index contributed by atoms with van der Waals surface area (Å²) in [6.07, 6.45) is 0. The van der Waals surface area contributed by atoms with Crippen LogP contribution in [0.25, 0.3) is 0 Å². The standard InChI is InChI=1S/C15H21N5O/c1-10-7-5-6-8-12(10)9-19(3)15-13(14(16)18-21)11(2)17-20(15)4/h5-8,21H,9H2,1-4H3,(H2,16,18). The van der Waals surface area contributed by atoms with E-state index in [1.54, 1.807) is 4.68 Å². The number of benzene rings is 1. The Bertz CT molecular complexity index is 675. The van der Waals surface area contributed by atoms with Crippen LogP contribution in [0.4, 0.5) is 5.82 Å². The van der Waals surface area contributed by atoms with Crippen LogP contribution in [-0.4, -0.2) is 27.9 Å². The number of rotatable bonds is 4. The molecule has 0 aliphatic heterocycles. The molecule has 6 heteroatoms. The summed E-state index contributed by atoms with van der Waals surface area (Å²) < 4.78 is 1.75. The van der Waals surface area contributed by atoms with Gasteiger partial charge in [0.25, 0.3) is 0 Å². The highest BCUT2D eigenvalue weighted by Crippen LogP contribution is 2.24. The van der Waals surface area contributed by atoms with Crippen LogP contribution in [0.2, 0.25) is 0 Å². The van der Waals surface area contributed by atoms with Gasteiger partial charge in [-0.2, -0.15) is 5.10 Å². The maximum Gasteiger partial charge on any atom is 0.175 e. The number of nitrogens with zero attached hydrogens (tertiary/aromatic N) is 4. The lowest BCUT2D eigenvalue weighted by atomic mass is 10.1. The van der Waals surface area contributed by atoms with Crippen LogP contribution in [0.3, 0.4) is 0 Å². The maximum absolute atomic E-state index is 8.97. The molecule has 0 saturated heterocycles. The van der Waals surface area contributed by atoms with Gasteiger partial charge >= 0.3 is 0 Å². The third-order valence-electron chi connectivity index (χ3n) is 3.59. The van der Waals surface area contributed by atoms with Gasteiger partial charge < -0.3 is 15.8 Å². The van der Waals surface area contributed by atoms with E-state index in [1.807, 2.05) is 33.2 Å². The molecule has 0 spiro atoms. The molecule has 1 aromatic carbocycles. The fourth-order valence-corrected chi connectivity index (χ4v) is 2.55. The molecule has 0 amide bonds. The van der Waals surface area contributed by atoms with Gasteiger partial charge in [-0.3, -0.25) is 4.68 Å². The van der Waals surface area contributed by atoms with Crippen LogP contribution in [0.15, 0.2) is 29.4 Å². The van der Waals surface area contributed by atoms with Crippen molar-refractivity contribution < 1.29 is 5.21 Å². The fourth-order valence-electron chi connectivity index (χ4n) is 2.55. The zero-order valence-corrected chi connectivity index (χ0v) is 12.8. The predicted octanol–water partition coefficient (Wildman–Crippen LogP) is 1.77. The highest BCUT2D eigenvalue weighted by Gasteiger charge is 2.20. The summed E-state index contributed by atoms with van der Waals surface area (Å²) >= 11 is 0. The molecule has 21 heavy (non-hydrogen) atoms. The fraction of sp³-hybridized carbons (Fsp3) is 0.333. The van der Waals surface area contributed by atoms with E-state index in [0.717, 1.165) is 18.1 Å². The minimum atomic E-state index is 0.0761. The van der Waals surface area contributed by atoms with Gasteiger partial charge in [0.05, 0.1) is 11.3 Å². The summed E-state index contributed by atoms with van der Waals surface area (Å²) in [5, 5.41) is 16.5. The summed E-state index contributed by atoms with van der Waals surface area (Å²) in [6, 6.07) is 8.23. The molecule has 0 aliphatic carbocycles. The number of anilines is 1. The first-order valence-electron chi connectivity index (χ1n) is 6.72. The first-order valence-corrected chi connectivity index (χ1v) is 6.72. The van der Waals surface area contributed by atoms with E-state index in [9.17, 15) is 0 Å². The second-order valence-electron chi connectivity index (χ2n) is 5.18. The van der Waals surface area contributed by atoms with E-state index in [4.69, 9.17) is 10.9 Å². The molecule has 0 aliphatic rings. The van der Waals surface area contributed by atoms with Crippen LogP contribution >= 0.6 is 0 Å². The lowest BCUT2D eigenvalue weighted by molar-refractivity contribution is 0.318. The molecule has 0 unspecified atom stereocenters. The molecular weight excluding hydrogens is 266 g/mol. The SMILES string of the molecule is Cc1ccccc1CN(C)c1c(C(N)=NO)c(C)nn1C. The van der Waals surface area contributed by atoms with Crippen LogP contribution in [0.1, 0.15) is 22.4 Å². The molecule has 0 radical (unpaired) electrons. The normalized spacial score (nSPS) is 11.7. The van der Waals surface area contributed by atoms with Crippen molar-refractivity contribution in [2.45, 2.75) is 20.4 Å². The number of nitrogens with two attached hydrogens (primary N) is 1. The van der Waals surface area contributed by atoms with Crippen molar-refractivity contribution >= 4 is 11.7 Å². The van der Waals surface area contributed by atoms with Crippen molar-refractivity contribution in [1.82, 2.24) is 9.78 Å². The number of aryl methyl sites for hydroxylation is 3. The van der Waals surface area contributed by atoms with E-state index in [-0.39, 0.29) is 5.84 Å². The molecule has 1 heterocycles.